The lowest BCUT2D eigenvalue weighted by Gasteiger charge is -2.13. The molecule has 0 bridgehead atoms. The molecular weight excluding hydrogens is 160 g/mol. The molecule has 72 valence electrons. The Morgan fingerprint density at radius 3 is 2.62 bits per heavy atom. The first kappa shape index (κ1) is 10.3. The van der Waals surface area contributed by atoms with Crippen molar-refractivity contribution in [1.82, 2.24) is 0 Å². The van der Waals surface area contributed by atoms with Crippen molar-refractivity contribution < 1.29 is 5.11 Å². The lowest BCUT2D eigenvalue weighted by Crippen LogP contribution is -1.99. The number of aliphatic hydroxyl groups is 1. The molecule has 1 rings (SSSR count). The van der Waals surface area contributed by atoms with Gasteiger partial charge in [0.1, 0.15) is 0 Å². The summed E-state index contributed by atoms with van der Waals surface area (Å²) in [6.07, 6.45) is 1.59. The van der Waals surface area contributed by atoms with Crippen LogP contribution in [0.1, 0.15) is 42.6 Å². The topological polar surface area (TPSA) is 20.2 Å². The van der Waals surface area contributed by atoms with Crippen molar-refractivity contribution >= 4 is 0 Å². The Bertz CT molecular complexity index is 278. The van der Waals surface area contributed by atoms with Crippen LogP contribution >= 0.6 is 0 Å². The van der Waals surface area contributed by atoms with Gasteiger partial charge in [-0.3, -0.25) is 0 Å². The zero-order valence-corrected chi connectivity index (χ0v) is 8.67. The van der Waals surface area contributed by atoms with E-state index in [-0.39, 0.29) is 6.10 Å². The third-order valence-corrected chi connectivity index (χ3v) is 2.36. The highest BCUT2D eigenvalue weighted by atomic mass is 16.3. The Morgan fingerprint density at radius 1 is 1.31 bits per heavy atom. The number of benzene rings is 1. The maximum atomic E-state index is 9.83. The van der Waals surface area contributed by atoms with Crippen molar-refractivity contribution in [2.24, 2.45) is 0 Å². The van der Waals surface area contributed by atoms with Gasteiger partial charge in [-0.15, -0.1) is 0 Å². The molecule has 1 aromatic rings. The number of aryl methyl sites for hydroxylation is 2. The third kappa shape index (κ3) is 2.56. The van der Waals surface area contributed by atoms with Crippen molar-refractivity contribution in [1.29, 1.82) is 0 Å². The van der Waals surface area contributed by atoms with Crippen LogP contribution in [0.4, 0.5) is 0 Å². The predicted octanol–water partition coefficient (Wildman–Crippen LogP) is 3.14. The third-order valence-electron chi connectivity index (χ3n) is 2.36. The van der Waals surface area contributed by atoms with Crippen LogP contribution in [-0.2, 0) is 0 Å². The molecule has 0 aliphatic rings. The summed E-state index contributed by atoms with van der Waals surface area (Å²) in [6.45, 7) is 6.20. The molecule has 0 radical (unpaired) electrons. The fourth-order valence-corrected chi connectivity index (χ4v) is 1.55. The summed E-state index contributed by atoms with van der Waals surface area (Å²) in [6, 6.07) is 6.23. The molecule has 1 aromatic carbocycles. The summed E-state index contributed by atoms with van der Waals surface area (Å²) in [7, 11) is 0. The van der Waals surface area contributed by atoms with E-state index in [1.165, 1.54) is 11.1 Å². The van der Waals surface area contributed by atoms with Crippen molar-refractivity contribution in [3.8, 4) is 0 Å². The van der Waals surface area contributed by atoms with Crippen LogP contribution in [0.2, 0.25) is 0 Å². The molecular formula is C12H18O. The molecule has 0 saturated carbocycles. The Balaban J connectivity index is 2.91. The van der Waals surface area contributed by atoms with Gasteiger partial charge in [0.25, 0.3) is 0 Å². The van der Waals surface area contributed by atoms with Gasteiger partial charge in [0.2, 0.25) is 0 Å². The monoisotopic (exact) mass is 178 g/mol. The number of rotatable bonds is 3. The first-order chi connectivity index (χ1) is 6.15. The second-order valence-electron chi connectivity index (χ2n) is 3.66. The average molecular weight is 178 g/mol. The van der Waals surface area contributed by atoms with Crippen LogP contribution in [-0.4, -0.2) is 5.11 Å². The van der Waals surface area contributed by atoms with E-state index in [4.69, 9.17) is 0 Å². The highest BCUT2D eigenvalue weighted by Gasteiger charge is 2.08. The number of hydrogen-bond donors (Lipinski definition) is 1. The van der Waals surface area contributed by atoms with E-state index in [0.717, 1.165) is 18.4 Å². The van der Waals surface area contributed by atoms with Crippen molar-refractivity contribution in [3.05, 3.63) is 34.9 Å². The zero-order valence-electron chi connectivity index (χ0n) is 8.67. The minimum absolute atomic E-state index is 0.287. The van der Waals surface area contributed by atoms with Crippen LogP contribution in [0.5, 0.6) is 0 Å². The molecule has 0 saturated heterocycles. The molecule has 1 N–H and O–H groups in total. The molecule has 13 heavy (non-hydrogen) atoms. The van der Waals surface area contributed by atoms with Crippen molar-refractivity contribution in [2.45, 2.75) is 39.7 Å². The van der Waals surface area contributed by atoms with Crippen molar-refractivity contribution in [3.63, 3.8) is 0 Å². The Morgan fingerprint density at radius 2 is 2.00 bits per heavy atom. The minimum Gasteiger partial charge on any atom is -0.388 e. The zero-order chi connectivity index (χ0) is 9.84. The summed E-state index contributed by atoms with van der Waals surface area (Å²) in [5.41, 5.74) is 3.49. The van der Waals surface area contributed by atoms with E-state index >= 15 is 0 Å². The molecule has 0 amide bonds. The standard InChI is InChI=1S/C12H18O/c1-4-5-12(13)11-8-9(2)6-7-10(11)3/h6-8,12-13H,4-5H2,1-3H3. The molecule has 1 nitrogen and oxygen atoms in total. The van der Waals surface area contributed by atoms with Crippen LogP contribution in [0, 0.1) is 13.8 Å². The lowest BCUT2D eigenvalue weighted by molar-refractivity contribution is 0.165. The van der Waals surface area contributed by atoms with Crippen molar-refractivity contribution in [2.75, 3.05) is 0 Å². The Hall–Kier alpha value is -0.820. The highest BCUT2D eigenvalue weighted by Crippen LogP contribution is 2.22. The van der Waals surface area contributed by atoms with Gasteiger partial charge in [-0.2, -0.15) is 0 Å². The van der Waals surface area contributed by atoms with Gasteiger partial charge in [0.15, 0.2) is 0 Å². The lowest BCUT2D eigenvalue weighted by atomic mass is 9.98. The van der Waals surface area contributed by atoms with E-state index < -0.39 is 0 Å². The van der Waals surface area contributed by atoms with Gasteiger partial charge >= 0.3 is 0 Å². The second kappa shape index (κ2) is 4.43. The van der Waals surface area contributed by atoms with Crippen LogP contribution < -0.4 is 0 Å². The molecule has 0 aromatic heterocycles. The van der Waals surface area contributed by atoms with Gasteiger partial charge < -0.3 is 5.11 Å². The largest absolute Gasteiger partial charge is 0.388 e. The summed E-state index contributed by atoms with van der Waals surface area (Å²) in [5.74, 6) is 0. The minimum atomic E-state index is -0.287. The molecule has 1 atom stereocenters. The molecule has 0 spiro atoms. The fourth-order valence-electron chi connectivity index (χ4n) is 1.55. The Kier molecular flexibility index (Phi) is 3.49. The smallest absolute Gasteiger partial charge is 0.0792 e. The molecule has 0 aliphatic heterocycles. The fraction of sp³-hybridized carbons (Fsp3) is 0.500. The van der Waals surface area contributed by atoms with Gasteiger partial charge in [0, 0.05) is 0 Å². The Labute approximate surface area is 80.4 Å². The van der Waals surface area contributed by atoms with Crippen LogP contribution in [0.25, 0.3) is 0 Å². The molecule has 1 unspecified atom stereocenters. The molecule has 0 aliphatic carbocycles. The average Bonchev–Trinajstić information content (AvgIpc) is 2.09. The van der Waals surface area contributed by atoms with E-state index in [1.54, 1.807) is 0 Å². The van der Waals surface area contributed by atoms with Gasteiger partial charge in [-0.25, -0.2) is 0 Å². The van der Waals surface area contributed by atoms with Crippen LogP contribution in [0.3, 0.4) is 0 Å². The van der Waals surface area contributed by atoms with E-state index in [9.17, 15) is 5.11 Å². The summed E-state index contributed by atoms with van der Waals surface area (Å²) >= 11 is 0. The molecule has 1 heteroatoms. The van der Waals surface area contributed by atoms with Crippen LogP contribution in [0.15, 0.2) is 18.2 Å². The maximum Gasteiger partial charge on any atom is 0.0792 e. The van der Waals surface area contributed by atoms with Gasteiger partial charge in [-0.1, -0.05) is 37.1 Å². The highest BCUT2D eigenvalue weighted by molar-refractivity contribution is 5.31. The summed E-state index contributed by atoms with van der Waals surface area (Å²) in [5, 5.41) is 9.83. The van der Waals surface area contributed by atoms with Gasteiger partial charge in [-0.05, 0) is 31.4 Å². The normalized spacial score (nSPS) is 12.9. The second-order valence-corrected chi connectivity index (χ2v) is 3.66. The molecule has 0 heterocycles. The SMILES string of the molecule is CCCC(O)c1cc(C)ccc1C. The summed E-state index contributed by atoms with van der Waals surface area (Å²) < 4.78 is 0. The number of aliphatic hydroxyl groups excluding tert-OH is 1. The van der Waals surface area contributed by atoms with Gasteiger partial charge in [0.05, 0.1) is 6.10 Å². The first-order valence-electron chi connectivity index (χ1n) is 4.90. The van der Waals surface area contributed by atoms with E-state index in [0.29, 0.717) is 0 Å². The molecule has 0 fully saturated rings. The predicted molar refractivity (Wildman–Crippen MR) is 55.8 cm³/mol. The number of hydrogen-bond acceptors (Lipinski definition) is 1. The van der Waals surface area contributed by atoms with E-state index in [1.807, 2.05) is 6.92 Å². The quantitative estimate of drug-likeness (QED) is 0.754. The summed E-state index contributed by atoms with van der Waals surface area (Å²) in [4.78, 5) is 0. The first-order valence-corrected chi connectivity index (χ1v) is 4.90. The van der Waals surface area contributed by atoms with E-state index in [2.05, 4.69) is 32.0 Å². The maximum absolute atomic E-state index is 9.83.